The predicted octanol–water partition coefficient (Wildman–Crippen LogP) is 2.76. The third-order valence-corrected chi connectivity index (χ3v) is 4.78. The number of carbonyl (C=O) groups excluding carboxylic acids is 1. The summed E-state index contributed by atoms with van der Waals surface area (Å²) < 4.78 is 1.49. The lowest BCUT2D eigenvalue weighted by Gasteiger charge is -2.21. The highest BCUT2D eigenvalue weighted by molar-refractivity contribution is 9.09. The van der Waals surface area contributed by atoms with Gasteiger partial charge in [0.15, 0.2) is 0 Å². The quantitative estimate of drug-likeness (QED) is 0.396. The van der Waals surface area contributed by atoms with E-state index in [2.05, 4.69) is 21.2 Å². The molecule has 0 aliphatic heterocycles. The maximum absolute atomic E-state index is 12.3. The van der Waals surface area contributed by atoms with Gasteiger partial charge in [0.1, 0.15) is 5.69 Å². The molecule has 0 spiro atoms. The second-order valence-corrected chi connectivity index (χ2v) is 6.36. The van der Waals surface area contributed by atoms with Gasteiger partial charge in [-0.25, -0.2) is 0 Å². The Kier molecular flexibility index (Phi) is 4.80. The molecule has 1 aliphatic carbocycles. The van der Waals surface area contributed by atoms with Crippen molar-refractivity contribution in [3.05, 3.63) is 28.1 Å². The number of carbonyl (C=O) groups is 1. The van der Waals surface area contributed by atoms with Gasteiger partial charge in [0.2, 0.25) is 0 Å². The lowest BCUT2D eigenvalue weighted by molar-refractivity contribution is -0.384. The molecule has 0 radical (unpaired) electrons. The number of rotatable bonds is 3. The molecule has 2 atom stereocenters. The number of aryl methyl sites for hydroxylation is 1. The smallest absolute Gasteiger partial charge is 0.287 e. The van der Waals surface area contributed by atoms with E-state index in [1.54, 1.807) is 7.05 Å². The van der Waals surface area contributed by atoms with Crippen molar-refractivity contribution in [2.24, 2.45) is 7.05 Å². The third-order valence-electron chi connectivity index (χ3n) is 3.68. The van der Waals surface area contributed by atoms with Crippen molar-refractivity contribution in [2.75, 3.05) is 0 Å². The van der Waals surface area contributed by atoms with E-state index in [1.165, 1.54) is 23.3 Å². The second kappa shape index (κ2) is 6.39. The fourth-order valence-corrected chi connectivity index (χ4v) is 3.26. The monoisotopic (exact) mass is 343 g/mol. The van der Waals surface area contributed by atoms with Crippen molar-refractivity contribution < 1.29 is 9.72 Å². The number of amides is 1. The lowest BCUT2D eigenvalue weighted by Crippen LogP contribution is -2.40. The Hall–Kier alpha value is -1.37. The first-order valence-corrected chi connectivity index (χ1v) is 7.66. The maximum Gasteiger partial charge on any atom is 0.287 e. The highest BCUT2D eigenvalue weighted by atomic mass is 79.9. The highest BCUT2D eigenvalue weighted by Crippen LogP contribution is 2.24. The fraction of sp³-hybridized carbons (Fsp3) is 0.615. The van der Waals surface area contributed by atoms with Crippen LogP contribution < -0.4 is 5.32 Å². The topological polar surface area (TPSA) is 77.2 Å². The number of nitrogens with zero attached hydrogens (tertiary/aromatic N) is 2. The van der Waals surface area contributed by atoms with Gasteiger partial charge in [-0.2, -0.15) is 0 Å². The molecule has 1 fully saturated rings. The Morgan fingerprint density at radius 1 is 1.45 bits per heavy atom. The average molecular weight is 344 g/mol. The molecule has 1 saturated carbocycles. The molecule has 2 rings (SSSR count). The predicted molar refractivity (Wildman–Crippen MR) is 79.1 cm³/mol. The number of hydrogen-bond donors (Lipinski definition) is 1. The first-order valence-electron chi connectivity index (χ1n) is 6.74. The summed E-state index contributed by atoms with van der Waals surface area (Å²) in [6.45, 7) is 0. The van der Waals surface area contributed by atoms with Gasteiger partial charge in [0.25, 0.3) is 11.6 Å². The minimum absolute atomic E-state index is 0.0612. The average Bonchev–Trinajstić information content (AvgIpc) is 2.68. The molecule has 20 heavy (non-hydrogen) atoms. The van der Waals surface area contributed by atoms with E-state index in [-0.39, 0.29) is 22.5 Å². The van der Waals surface area contributed by atoms with Crippen LogP contribution in [-0.4, -0.2) is 26.3 Å². The summed E-state index contributed by atoms with van der Waals surface area (Å²) in [6, 6.07) is 1.40. The molecule has 6 nitrogen and oxygen atoms in total. The van der Waals surface area contributed by atoms with Crippen molar-refractivity contribution in [3.63, 3.8) is 0 Å². The number of nitrogens with one attached hydrogen (secondary N) is 1. The molecule has 1 aromatic rings. The molecular weight excluding hydrogens is 326 g/mol. The van der Waals surface area contributed by atoms with Gasteiger partial charge in [0, 0.05) is 24.0 Å². The zero-order chi connectivity index (χ0) is 14.7. The van der Waals surface area contributed by atoms with E-state index < -0.39 is 4.92 Å². The van der Waals surface area contributed by atoms with Crippen molar-refractivity contribution >= 4 is 27.5 Å². The van der Waals surface area contributed by atoms with E-state index in [1.807, 2.05) is 0 Å². The van der Waals surface area contributed by atoms with Gasteiger partial charge in [-0.05, 0) is 12.8 Å². The van der Waals surface area contributed by atoms with Gasteiger partial charge >= 0.3 is 0 Å². The molecule has 2 unspecified atom stereocenters. The summed E-state index contributed by atoms with van der Waals surface area (Å²) in [5.74, 6) is -0.253. The lowest BCUT2D eigenvalue weighted by atomic mass is 10.1. The molecule has 0 saturated heterocycles. The molecule has 1 N–H and O–H groups in total. The van der Waals surface area contributed by atoms with Crippen LogP contribution in [0.4, 0.5) is 5.69 Å². The van der Waals surface area contributed by atoms with Crippen molar-refractivity contribution in [1.29, 1.82) is 0 Å². The maximum atomic E-state index is 12.3. The van der Waals surface area contributed by atoms with E-state index in [0.29, 0.717) is 5.69 Å². The number of alkyl halides is 1. The summed E-state index contributed by atoms with van der Waals surface area (Å²) in [5.41, 5.74) is 0.259. The van der Waals surface area contributed by atoms with E-state index in [4.69, 9.17) is 0 Å². The van der Waals surface area contributed by atoms with E-state index in [9.17, 15) is 14.9 Å². The van der Waals surface area contributed by atoms with Crippen LogP contribution in [0.1, 0.15) is 42.6 Å². The van der Waals surface area contributed by atoms with Crippen molar-refractivity contribution in [3.8, 4) is 0 Å². The summed E-state index contributed by atoms with van der Waals surface area (Å²) in [4.78, 5) is 22.8. The van der Waals surface area contributed by atoms with Crippen molar-refractivity contribution in [1.82, 2.24) is 9.88 Å². The fourth-order valence-electron chi connectivity index (χ4n) is 2.54. The van der Waals surface area contributed by atoms with Gasteiger partial charge in [-0.15, -0.1) is 0 Å². The first kappa shape index (κ1) is 15.0. The summed E-state index contributed by atoms with van der Waals surface area (Å²) in [6.07, 6.45) is 6.78. The Labute approximate surface area is 125 Å². The molecule has 7 heteroatoms. The second-order valence-electron chi connectivity index (χ2n) is 5.19. The number of halogens is 1. The van der Waals surface area contributed by atoms with Crippen LogP contribution in [0.5, 0.6) is 0 Å². The zero-order valence-electron chi connectivity index (χ0n) is 11.3. The van der Waals surface area contributed by atoms with Crippen LogP contribution in [0.3, 0.4) is 0 Å². The highest BCUT2D eigenvalue weighted by Gasteiger charge is 2.25. The summed E-state index contributed by atoms with van der Waals surface area (Å²) in [5, 5.41) is 13.7. The summed E-state index contributed by atoms with van der Waals surface area (Å²) in [7, 11) is 1.64. The minimum atomic E-state index is -0.490. The molecule has 1 amide bonds. The Morgan fingerprint density at radius 2 is 2.15 bits per heavy atom. The van der Waals surface area contributed by atoms with E-state index in [0.717, 1.165) is 25.7 Å². The SMILES string of the molecule is Cn1cc([N+](=O)[O-])cc1C(=O)NC1CCCCCC1Br. The van der Waals surface area contributed by atoms with Gasteiger partial charge in [-0.3, -0.25) is 14.9 Å². The molecule has 1 heterocycles. The number of nitro groups is 1. The van der Waals surface area contributed by atoms with Gasteiger partial charge in [0.05, 0.1) is 11.1 Å². The third kappa shape index (κ3) is 3.39. The summed E-state index contributed by atoms with van der Waals surface area (Å²) >= 11 is 3.62. The van der Waals surface area contributed by atoms with Crippen LogP contribution in [0.2, 0.25) is 0 Å². The van der Waals surface area contributed by atoms with Crippen LogP contribution in [0.25, 0.3) is 0 Å². The van der Waals surface area contributed by atoms with Crippen LogP contribution in [-0.2, 0) is 7.05 Å². The van der Waals surface area contributed by atoms with Crippen LogP contribution in [0.15, 0.2) is 12.3 Å². The normalized spacial score (nSPS) is 23.1. The van der Waals surface area contributed by atoms with Crippen LogP contribution >= 0.6 is 15.9 Å². The minimum Gasteiger partial charge on any atom is -0.347 e. The van der Waals surface area contributed by atoms with Crippen LogP contribution in [0, 0.1) is 10.1 Å². The first-order chi connectivity index (χ1) is 9.49. The van der Waals surface area contributed by atoms with E-state index >= 15 is 0 Å². The van der Waals surface area contributed by atoms with Crippen molar-refractivity contribution in [2.45, 2.75) is 43.0 Å². The molecule has 1 aliphatic rings. The van der Waals surface area contributed by atoms with Gasteiger partial charge in [-0.1, -0.05) is 35.2 Å². The standard InChI is InChI=1S/C13H18BrN3O3/c1-16-8-9(17(19)20)7-12(16)13(18)15-11-6-4-2-3-5-10(11)14/h7-8,10-11H,2-6H2,1H3,(H,15,18). The Balaban J connectivity index is 2.09. The number of aromatic nitrogens is 1. The Bertz CT molecular complexity index is 515. The zero-order valence-corrected chi connectivity index (χ0v) is 12.9. The molecule has 1 aromatic heterocycles. The molecule has 0 bridgehead atoms. The number of hydrogen-bond acceptors (Lipinski definition) is 3. The van der Waals surface area contributed by atoms with Gasteiger partial charge < -0.3 is 9.88 Å². The Morgan fingerprint density at radius 3 is 2.80 bits per heavy atom. The molecule has 110 valence electrons. The molecular formula is C13H18BrN3O3. The molecule has 0 aromatic carbocycles. The largest absolute Gasteiger partial charge is 0.347 e.